The van der Waals surface area contributed by atoms with Gasteiger partial charge in [-0.2, -0.15) is 18.3 Å². The van der Waals surface area contributed by atoms with Crippen LogP contribution < -0.4 is 4.74 Å². The van der Waals surface area contributed by atoms with E-state index in [1.54, 1.807) is 6.07 Å². The van der Waals surface area contributed by atoms with E-state index in [-0.39, 0.29) is 30.0 Å². The van der Waals surface area contributed by atoms with Gasteiger partial charge in [0.25, 0.3) is 0 Å². The van der Waals surface area contributed by atoms with Crippen LogP contribution in [0.3, 0.4) is 0 Å². The number of hydrogen-bond donors (Lipinski definition) is 1. The summed E-state index contributed by atoms with van der Waals surface area (Å²) in [6.07, 6.45) is -3.10. The Morgan fingerprint density at radius 2 is 1.93 bits per heavy atom. The van der Waals surface area contributed by atoms with E-state index in [0.717, 1.165) is 16.4 Å². The number of benzene rings is 1. The van der Waals surface area contributed by atoms with Gasteiger partial charge in [-0.15, -0.1) is 0 Å². The predicted molar refractivity (Wildman–Crippen MR) is 94.6 cm³/mol. The molecule has 0 radical (unpaired) electrons. The van der Waals surface area contributed by atoms with Crippen LogP contribution in [0.25, 0.3) is 10.9 Å². The molecular formula is C19H20F3N3O2. The van der Waals surface area contributed by atoms with E-state index in [2.05, 4.69) is 10.1 Å². The number of pyridine rings is 1. The van der Waals surface area contributed by atoms with Crippen molar-refractivity contribution in [1.82, 2.24) is 14.8 Å². The maximum Gasteiger partial charge on any atom is 0.435 e. The number of rotatable bonds is 6. The fraction of sp³-hybridized carbons (Fsp3) is 0.368. The van der Waals surface area contributed by atoms with Crippen molar-refractivity contribution in [2.24, 2.45) is 0 Å². The Kier molecular flexibility index (Phi) is 5.36. The Labute approximate surface area is 154 Å². The number of alkyl halides is 3. The molecule has 0 saturated carbocycles. The van der Waals surface area contributed by atoms with Crippen LogP contribution in [0.15, 0.2) is 42.7 Å². The quantitative estimate of drug-likeness (QED) is 0.703. The summed E-state index contributed by atoms with van der Waals surface area (Å²) in [6.45, 7) is 3.88. The average Bonchev–Trinajstić information content (AvgIpc) is 2.99. The Morgan fingerprint density at radius 3 is 2.63 bits per heavy atom. The zero-order valence-corrected chi connectivity index (χ0v) is 14.9. The van der Waals surface area contributed by atoms with Crippen LogP contribution in [0.1, 0.15) is 31.0 Å². The van der Waals surface area contributed by atoms with Crippen LogP contribution in [0, 0.1) is 0 Å². The first-order chi connectivity index (χ1) is 12.8. The maximum atomic E-state index is 13.2. The van der Waals surface area contributed by atoms with Crippen molar-refractivity contribution in [1.29, 1.82) is 0 Å². The molecule has 2 heterocycles. The number of ether oxygens (including phenoxy) is 1. The van der Waals surface area contributed by atoms with Crippen LogP contribution in [0.5, 0.6) is 5.75 Å². The molecule has 0 spiro atoms. The van der Waals surface area contributed by atoms with Crippen LogP contribution >= 0.6 is 0 Å². The molecule has 3 rings (SSSR count). The van der Waals surface area contributed by atoms with Gasteiger partial charge < -0.3 is 9.84 Å². The molecule has 0 saturated heterocycles. The van der Waals surface area contributed by atoms with E-state index in [1.165, 1.54) is 12.3 Å². The number of halogens is 3. The smallest absolute Gasteiger partial charge is 0.435 e. The summed E-state index contributed by atoms with van der Waals surface area (Å²) in [5.41, 5.74) is 0.252. The molecule has 1 N–H and O–H groups in total. The van der Waals surface area contributed by atoms with Gasteiger partial charge in [-0.1, -0.05) is 32.0 Å². The number of aromatic nitrogens is 3. The minimum absolute atomic E-state index is 0.0580. The molecular weight excluding hydrogens is 359 g/mol. The van der Waals surface area contributed by atoms with E-state index < -0.39 is 18.0 Å². The summed E-state index contributed by atoms with van der Waals surface area (Å²) >= 11 is 0. The first-order valence-electron chi connectivity index (χ1n) is 8.55. The van der Waals surface area contributed by atoms with Crippen molar-refractivity contribution in [2.45, 2.75) is 38.6 Å². The molecule has 0 amide bonds. The molecule has 0 fully saturated rings. The molecule has 0 bridgehead atoms. The standard InChI is InChI=1S/C19H20F3N3O2/c1-12(2)14-5-3-4-6-17(14)27-11-13(26)10-25-16-7-8-23-9-15(16)18(24-25)19(20,21)22/h3-9,12-13,26H,10-11H2,1-2H3. The molecule has 27 heavy (non-hydrogen) atoms. The molecule has 0 aliphatic heterocycles. The summed E-state index contributed by atoms with van der Waals surface area (Å²) in [5, 5.41) is 13.8. The topological polar surface area (TPSA) is 60.2 Å². The fourth-order valence-electron chi connectivity index (χ4n) is 2.90. The van der Waals surface area contributed by atoms with Crippen LogP contribution in [0.2, 0.25) is 0 Å². The van der Waals surface area contributed by atoms with Crippen molar-refractivity contribution in [3.8, 4) is 5.75 Å². The van der Waals surface area contributed by atoms with Crippen molar-refractivity contribution >= 4 is 10.9 Å². The monoisotopic (exact) mass is 379 g/mol. The highest BCUT2D eigenvalue weighted by molar-refractivity contribution is 5.81. The second-order valence-electron chi connectivity index (χ2n) is 6.58. The van der Waals surface area contributed by atoms with Gasteiger partial charge in [0.2, 0.25) is 0 Å². The molecule has 0 aliphatic carbocycles. The zero-order valence-electron chi connectivity index (χ0n) is 14.9. The number of hydrogen-bond acceptors (Lipinski definition) is 4. The van der Waals surface area contributed by atoms with Crippen molar-refractivity contribution in [3.05, 3.63) is 54.0 Å². The normalized spacial score (nSPS) is 13.3. The van der Waals surface area contributed by atoms with Gasteiger partial charge in [0.1, 0.15) is 18.5 Å². The van der Waals surface area contributed by atoms with Crippen LogP contribution in [0.4, 0.5) is 13.2 Å². The number of nitrogens with zero attached hydrogens (tertiary/aromatic N) is 3. The largest absolute Gasteiger partial charge is 0.491 e. The Bertz CT molecular complexity index is 922. The molecule has 1 aromatic carbocycles. The van der Waals surface area contributed by atoms with Crippen molar-refractivity contribution in [2.75, 3.05) is 6.61 Å². The van der Waals surface area contributed by atoms with Gasteiger partial charge in [0.05, 0.1) is 17.4 Å². The van der Waals surface area contributed by atoms with Crippen molar-refractivity contribution < 1.29 is 23.0 Å². The van der Waals surface area contributed by atoms with Gasteiger partial charge in [-0.25, -0.2) is 0 Å². The van der Waals surface area contributed by atoms with Gasteiger partial charge in [-0.3, -0.25) is 9.67 Å². The van der Waals surface area contributed by atoms with E-state index >= 15 is 0 Å². The molecule has 3 aromatic rings. The molecule has 8 heteroatoms. The molecule has 2 aromatic heterocycles. The third-order valence-electron chi connectivity index (χ3n) is 4.18. The van der Waals surface area contributed by atoms with Crippen LogP contribution in [-0.2, 0) is 12.7 Å². The third kappa shape index (κ3) is 4.21. The first kappa shape index (κ1) is 19.2. The van der Waals surface area contributed by atoms with E-state index in [0.29, 0.717) is 5.75 Å². The lowest BCUT2D eigenvalue weighted by atomic mass is 10.0. The minimum atomic E-state index is -4.59. The summed E-state index contributed by atoms with van der Waals surface area (Å²) < 4.78 is 46.3. The van der Waals surface area contributed by atoms with E-state index in [1.807, 2.05) is 32.0 Å². The average molecular weight is 379 g/mol. The Balaban J connectivity index is 1.76. The second kappa shape index (κ2) is 7.56. The van der Waals surface area contributed by atoms with Crippen LogP contribution in [-0.4, -0.2) is 32.6 Å². The number of aliphatic hydroxyl groups is 1. The number of aliphatic hydroxyl groups excluding tert-OH is 1. The first-order valence-corrected chi connectivity index (χ1v) is 8.55. The number of para-hydroxylation sites is 1. The SMILES string of the molecule is CC(C)c1ccccc1OCC(O)Cn1nc(C(F)(F)F)c2cnccc21. The summed E-state index contributed by atoms with van der Waals surface area (Å²) in [6, 6.07) is 8.92. The molecule has 1 unspecified atom stereocenters. The molecule has 144 valence electrons. The lowest BCUT2D eigenvalue weighted by Crippen LogP contribution is -2.24. The lowest BCUT2D eigenvalue weighted by Gasteiger charge is -2.17. The molecule has 0 aliphatic rings. The third-order valence-corrected chi connectivity index (χ3v) is 4.18. The highest BCUT2D eigenvalue weighted by Gasteiger charge is 2.37. The zero-order chi connectivity index (χ0) is 19.6. The Hall–Kier alpha value is -2.61. The number of fused-ring (bicyclic) bond motifs is 1. The van der Waals surface area contributed by atoms with Gasteiger partial charge >= 0.3 is 6.18 Å². The highest BCUT2D eigenvalue weighted by atomic mass is 19.4. The maximum absolute atomic E-state index is 13.2. The van der Waals surface area contributed by atoms with Gasteiger partial charge in [-0.05, 0) is 23.6 Å². The second-order valence-corrected chi connectivity index (χ2v) is 6.58. The van der Waals surface area contributed by atoms with Gasteiger partial charge in [0, 0.05) is 12.4 Å². The summed E-state index contributed by atoms with van der Waals surface area (Å²) in [7, 11) is 0. The van der Waals surface area contributed by atoms with E-state index in [9.17, 15) is 18.3 Å². The van der Waals surface area contributed by atoms with E-state index in [4.69, 9.17) is 4.74 Å². The predicted octanol–water partition coefficient (Wildman–Crippen LogP) is 4.01. The minimum Gasteiger partial charge on any atom is -0.491 e. The summed E-state index contributed by atoms with van der Waals surface area (Å²) in [5.74, 6) is 0.896. The molecule has 5 nitrogen and oxygen atoms in total. The Morgan fingerprint density at radius 1 is 1.19 bits per heavy atom. The lowest BCUT2D eigenvalue weighted by molar-refractivity contribution is -0.140. The highest BCUT2D eigenvalue weighted by Crippen LogP contribution is 2.33. The summed E-state index contributed by atoms with van der Waals surface area (Å²) in [4.78, 5) is 3.74. The fourth-order valence-corrected chi connectivity index (χ4v) is 2.90. The van der Waals surface area contributed by atoms with Gasteiger partial charge in [0.15, 0.2) is 5.69 Å². The van der Waals surface area contributed by atoms with Crippen molar-refractivity contribution in [3.63, 3.8) is 0 Å². The molecule has 1 atom stereocenters.